The van der Waals surface area contributed by atoms with Crippen LogP contribution in [0, 0.1) is 5.82 Å². The second-order valence-electron chi connectivity index (χ2n) is 5.93. The molecule has 0 atom stereocenters. The number of benzene rings is 2. The molecule has 4 rings (SSSR count). The van der Waals surface area contributed by atoms with E-state index >= 15 is 0 Å². The number of thioether (sulfide) groups is 1. The van der Waals surface area contributed by atoms with E-state index in [1.165, 1.54) is 17.8 Å². The number of halogens is 1. The first-order valence-corrected chi connectivity index (χ1v) is 9.31. The molecule has 1 saturated heterocycles. The molecule has 2 aromatic carbocycles. The molecule has 5 nitrogen and oxygen atoms in total. The van der Waals surface area contributed by atoms with E-state index in [0.717, 1.165) is 5.75 Å². The van der Waals surface area contributed by atoms with Crippen LogP contribution in [0.1, 0.15) is 5.69 Å². The van der Waals surface area contributed by atoms with Crippen molar-refractivity contribution in [3.05, 3.63) is 83.3 Å². The molecule has 1 fully saturated rings. The standard InChI is InChI=1S/C21H16FN3O2S/c1-27-16-10-8-14(9-11-16)23-21-24-20(26)19(28-21)13-15-5-4-12-25(15)18-7-3-2-6-17(18)22/h2-13H,1H3,(H,23,24,26). The van der Waals surface area contributed by atoms with Crippen molar-refractivity contribution in [1.82, 2.24) is 9.88 Å². The van der Waals surface area contributed by atoms with Gasteiger partial charge in [0.25, 0.3) is 5.91 Å². The number of amides is 1. The summed E-state index contributed by atoms with van der Waals surface area (Å²) in [6.45, 7) is 0. The molecule has 28 heavy (non-hydrogen) atoms. The highest BCUT2D eigenvalue weighted by Gasteiger charge is 2.24. The van der Waals surface area contributed by atoms with E-state index in [4.69, 9.17) is 4.74 Å². The monoisotopic (exact) mass is 393 g/mol. The van der Waals surface area contributed by atoms with Crippen LogP contribution in [0.15, 0.2) is 76.8 Å². The summed E-state index contributed by atoms with van der Waals surface area (Å²) < 4.78 is 21.0. The van der Waals surface area contributed by atoms with Crippen molar-refractivity contribution in [1.29, 1.82) is 0 Å². The molecule has 0 spiro atoms. The SMILES string of the molecule is COc1ccc(N=C2NC(=O)C(=Cc3cccn3-c3ccccc3F)S2)cc1. The Kier molecular flexibility index (Phi) is 4.99. The van der Waals surface area contributed by atoms with Gasteiger partial charge in [-0.15, -0.1) is 0 Å². The van der Waals surface area contributed by atoms with E-state index in [-0.39, 0.29) is 11.7 Å². The van der Waals surface area contributed by atoms with Crippen LogP contribution in [0.2, 0.25) is 0 Å². The van der Waals surface area contributed by atoms with Crippen molar-refractivity contribution in [2.75, 3.05) is 7.11 Å². The third kappa shape index (κ3) is 3.70. The lowest BCUT2D eigenvalue weighted by atomic mass is 10.3. The van der Waals surface area contributed by atoms with E-state index in [0.29, 0.717) is 27.1 Å². The van der Waals surface area contributed by atoms with Gasteiger partial charge in [0.2, 0.25) is 0 Å². The van der Waals surface area contributed by atoms with Crippen LogP contribution in [0.4, 0.5) is 10.1 Å². The fourth-order valence-electron chi connectivity index (χ4n) is 2.77. The summed E-state index contributed by atoms with van der Waals surface area (Å²) in [5.74, 6) is 0.170. The van der Waals surface area contributed by atoms with Gasteiger partial charge in [-0.25, -0.2) is 9.38 Å². The lowest BCUT2D eigenvalue weighted by molar-refractivity contribution is -0.115. The normalized spacial score (nSPS) is 16.6. The second kappa shape index (κ2) is 7.74. The fraction of sp³-hybridized carbons (Fsp3) is 0.0476. The van der Waals surface area contributed by atoms with E-state index < -0.39 is 0 Å². The molecule has 1 amide bonds. The number of aliphatic imine (C=N–C) groups is 1. The Balaban J connectivity index is 1.60. The largest absolute Gasteiger partial charge is 0.497 e. The number of amidine groups is 1. The molecule has 2 heterocycles. The van der Waals surface area contributed by atoms with Crippen molar-refractivity contribution in [2.45, 2.75) is 0 Å². The molecular weight excluding hydrogens is 377 g/mol. The number of nitrogens with one attached hydrogen (secondary N) is 1. The summed E-state index contributed by atoms with van der Waals surface area (Å²) in [5.41, 5.74) is 1.84. The molecule has 0 radical (unpaired) electrons. The van der Waals surface area contributed by atoms with Gasteiger partial charge >= 0.3 is 0 Å². The lowest BCUT2D eigenvalue weighted by Gasteiger charge is -2.07. The molecule has 1 aliphatic heterocycles. The van der Waals surface area contributed by atoms with Gasteiger partial charge in [-0.2, -0.15) is 0 Å². The minimum absolute atomic E-state index is 0.237. The number of hydrogen-bond donors (Lipinski definition) is 1. The maximum Gasteiger partial charge on any atom is 0.264 e. The zero-order valence-electron chi connectivity index (χ0n) is 14.9. The molecule has 0 unspecified atom stereocenters. The molecular formula is C21H16FN3O2S. The predicted octanol–water partition coefficient (Wildman–Crippen LogP) is 4.52. The van der Waals surface area contributed by atoms with E-state index in [1.807, 2.05) is 24.3 Å². The first-order valence-electron chi connectivity index (χ1n) is 8.50. The zero-order valence-corrected chi connectivity index (χ0v) is 15.7. The first kappa shape index (κ1) is 18.1. The molecule has 1 N–H and O–H groups in total. The van der Waals surface area contributed by atoms with Crippen molar-refractivity contribution < 1.29 is 13.9 Å². The summed E-state index contributed by atoms with van der Waals surface area (Å²) in [5, 5.41) is 3.25. The van der Waals surface area contributed by atoms with Crippen molar-refractivity contribution in [2.24, 2.45) is 4.99 Å². The number of carbonyl (C=O) groups excluding carboxylic acids is 1. The molecule has 0 saturated carbocycles. The Labute approximate surface area is 165 Å². The Morgan fingerprint density at radius 2 is 1.89 bits per heavy atom. The molecule has 140 valence electrons. The van der Waals surface area contributed by atoms with Gasteiger partial charge in [0.15, 0.2) is 5.17 Å². The fourth-order valence-corrected chi connectivity index (χ4v) is 3.59. The van der Waals surface area contributed by atoms with Crippen LogP contribution in [-0.2, 0) is 4.79 Å². The molecule has 1 aliphatic rings. The quantitative estimate of drug-likeness (QED) is 0.663. The van der Waals surface area contributed by atoms with Crippen LogP contribution >= 0.6 is 11.8 Å². The van der Waals surface area contributed by atoms with Gasteiger partial charge in [-0.1, -0.05) is 12.1 Å². The van der Waals surface area contributed by atoms with Crippen LogP contribution in [0.5, 0.6) is 5.75 Å². The van der Waals surface area contributed by atoms with E-state index in [9.17, 15) is 9.18 Å². The van der Waals surface area contributed by atoms with E-state index in [2.05, 4.69) is 10.3 Å². The Hall–Kier alpha value is -3.32. The summed E-state index contributed by atoms with van der Waals surface area (Å²) in [4.78, 5) is 17.3. The first-order chi connectivity index (χ1) is 13.6. The number of methoxy groups -OCH3 is 1. The Bertz CT molecular complexity index is 1090. The average molecular weight is 393 g/mol. The van der Waals surface area contributed by atoms with Gasteiger partial charge in [0, 0.05) is 11.9 Å². The number of para-hydroxylation sites is 1. The van der Waals surface area contributed by atoms with E-state index in [1.54, 1.807) is 54.3 Å². The maximum absolute atomic E-state index is 14.1. The number of nitrogens with zero attached hydrogens (tertiary/aromatic N) is 2. The number of aromatic nitrogens is 1. The predicted molar refractivity (Wildman–Crippen MR) is 110 cm³/mol. The van der Waals surface area contributed by atoms with Crippen molar-refractivity contribution >= 4 is 34.6 Å². The van der Waals surface area contributed by atoms with Crippen LogP contribution < -0.4 is 10.1 Å². The zero-order chi connectivity index (χ0) is 19.5. The third-order valence-corrected chi connectivity index (χ3v) is 5.04. The highest BCUT2D eigenvalue weighted by molar-refractivity contribution is 8.18. The number of rotatable bonds is 4. The smallest absolute Gasteiger partial charge is 0.264 e. The lowest BCUT2D eigenvalue weighted by Crippen LogP contribution is -2.19. The summed E-state index contributed by atoms with van der Waals surface area (Å²) in [6, 6.07) is 17.4. The molecule has 0 aliphatic carbocycles. The number of ether oxygens (including phenoxy) is 1. The molecule has 0 bridgehead atoms. The van der Waals surface area contributed by atoms with Gasteiger partial charge in [-0.3, -0.25) is 4.79 Å². The average Bonchev–Trinajstić information content (AvgIpc) is 3.29. The summed E-state index contributed by atoms with van der Waals surface area (Å²) >= 11 is 1.24. The van der Waals surface area contributed by atoms with Gasteiger partial charge in [-0.05, 0) is 66.4 Å². The molecule has 1 aromatic heterocycles. The van der Waals surface area contributed by atoms with Gasteiger partial charge in [0.05, 0.1) is 23.4 Å². The summed E-state index contributed by atoms with van der Waals surface area (Å²) in [7, 11) is 1.60. The minimum Gasteiger partial charge on any atom is -0.497 e. The highest BCUT2D eigenvalue weighted by Crippen LogP contribution is 2.29. The Morgan fingerprint density at radius 3 is 2.64 bits per heavy atom. The maximum atomic E-state index is 14.1. The van der Waals surface area contributed by atoms with Gasteiger partial charge < -0.3 is 14.6 Å². The second-order valence-corrected chi connectivity index (χ2v) is 6.96. The highest BCUT2D eigenvalue weighted by atomic mass is 32.2. The Morgan fingerprint density at radius 1 is 1.11 bits per heavy atom. The minimum atomic E-state index is -0.330. The van der Waals surface area contributed by atoms with Crippen molar-refractivity contribution in [3.63, 3.8) is 0 Å². The number of carbonyl (C=O) groups is 1. The van der Waals surface area contributed by atoms with Crippen LogP contribution in [0.3, 0.4) is 0 Å². The van der Waals surface area contributed by atoms with Crippen molar-refractivity contribution in [3.8, 4) is 11.4 Å². The van der Waals surface area contributed by atoms with Crippen LogP contribution in [-0.4, -0.2) is 22.8 Å². The third-order valence-electron chi connectivity index (χ3n) is 4.13. The summed E-state index contributed by atoms with van der Waals surface area (Å²) in [6.07, 6.45) is 3.48. The van der Waals surface area contributed by atoms with Crippen LogP contribution in [0.25, 0.3) is 11.8 Å². The molecule has 7 heteroatoms. The topological polar surface area (TPSA) is 55.6 Å². The molecule has 3 aromatic rings. The number of hydrogen-bond acceptors (Lipinski definition) is 4. The van der Waals surface area contributed by atoms with Gasteiger partial charge in [0.1, 0.15) is 11.6 Å².